The first kappa shape index (κ1) is 28.8. The number of amides is 1. The summed E-state index contributed by atoms with van der Waals surface area (Å²) in [6.45, 7) is 7.14. The fraction of sp³-hybridized carbons (Fsp3) is 0.682. The number of nitrogens with zero attached hydrogens (tertiary/aromatic N) is 2. The molecule has 5 nitrogen and oxygen atoms in total. The molecule has 1 aromatic carbocycles. The summed E-state index contributed by atoms with van der Waals surface area (Å²) in [6.07, 6.45) is 4.87. The van der Waals surface area contributed by atoms with Gasteiger partial charge in [-0.05, 0) is 50.3 Å². The number of piperidine rings is 1. The van der Waals surface area contributed by atoms with Crippen molar-refractivity contribution in [1.29, 1.82) is 0 Å². The van der Waals surface area contributed by atoms with Gasteiger partial charge in [0, 0.05) is 38.5 Å². The molecule has 3 saturated heterocycles. The average Bonchev–Trinajstić information content (AvgIpc) is 3.25. The van der Waals surface area contributed by atoms with Crippen LogP contribution in [0.1, 0.15) is 24.8 Å². The molecule has 0 aliphatic carbocycles. The van der Waals surface area contributed by atoms with E-state index < -0.39 is 0 Å². The normalized spacial score (nSPS) is 26.3. The first-order valence-electron chi connectivity index (χ1n) is 10.9. The number of carbonyl (C=O) groups is 1. The fourth-order valence-corrected chi connectivity index (χ4v) is 6.01. The van der Waals surface area contributed by atoms with E-state index in [1.165, 1.54) is 24.8 Å². The minimum Gasteiger partial charge on any atom is -0.339 e. The van der Waals surface area contributed by atoms with Crippen LogP contribution >= 0.6 is 49.0 Å². The second-order valence-corrected chi connectivity index (χ2v) is 9.51. The van der Waals surface area contributed by atoms with Crippen LogP contribution in [-0.2, 0) is 11.2 Å². The number of halogens is 3. The molecule has 9 heteroatoms. The standard InChI is InChI=1S/C22H34N4OS.3ClH/c27-22(20-17-28-21(24-20)19-9-4-10-23-16-19)26-14-12-25(13-15-26)11-5-8-18-6-2-1-3-7-18;;;/h1-3,6-7,19-21,23-24H,4-5,8-17H2;3*1H. The average molecular weight is 512 g/mol. The Morgan fingerprint density at radius 3 is 2.48 bits per heavy atom. The van der Waals surface area contributed by atoms with Gasteiger partial charge in [0.2, 0.25) is 5.91 Å². The quantitative estimate of drug-likeness (QED) is 0.615. The van der Waals surface area contributed by atoms with E-state index in [9.17, 15) is 4.79 Å². The molecule has 0 radical (unpaired) electrons. The van der Waals surface area contributed by atoms with Crippen LogP contribution < -0.4 is 10.6 Å². The van der Waals surface area contributed by atoms with Gasteiger partial charge >= 0.3 is 0 Å². The van der Waals surface area contributed by atoms with Gasteiger partial charge in [0.15, 0.2) is 0 Å². The monoisotopic (exact) mass is 510 g/mol. The predicted molar refractivity (Wildman–Crippen MR) is 138 cm³/mol. The molecule has 4 rings (SSSR count). The van der Waals surface area contributed by atoms with Crippen molar-refractivity contribution in [2.24, 2.45) is 5.92 Å². The number of piperazine rings is 1. The topological polar surface area (TPSA) is 47.6 Å². The van der Waals surface area contributed by atoms with Crippen LogP contribution in [0.2, 0.25) is 0 Å². The third kappa shape index (κ3) is 8.26. The highest BCUT2D eigenvalue weighted by Crippen LogP contribution is 2.29. The van der Waals surface area contributed by atoms with Gasteiger partial charge < -0.3 is 10.2 Å². The van der Waals surface area contributed by atoms with Gasteiger partial charge in [-0.2, -0.15) is 0 Å². The van der Waals surface area contributed by atoms with Gasteiger partial charge in [-0.3, -0.25) is 15.0 Å². The van der Waals surface area contributed by atoms with E-state index in [0.29, 0.717) is 17.2 Å². The number of rotatable bonds is 6. The molecule has 0 spiro atoms. The molecule has 0 aromatic heterocycles. The predicted octanol–water partition coefficient (Wildman–Crippen LogP) is 3.06. The number of nitrogens with one attached hydrogen (secondary N) is 2. The van der Waals surface area contributed by atoms with Crippen LogP contribution in [0.15, 0.2) is 30.3 Å². The Hall–Kier alpha value is -0.210. The van der Waals surface area contributed by atoms with E-state index in [0.717, 1.165) is 58.0 Å². The number of thioether (sulfide) groups is 1. The van der Waals surface area contributed by atoms with Gasteiger partial charge in [-0.15, -0.1) is 49.0 Å². The molecule has 31 heavy (non-hydrogen) atoms. The summed E-state index contributed by atoms with van der Waals surface area (Å²) in [5.74, 6) is 1.91. The van der Waals surface area contributed by atoms with E-state index in [2.05, 4.69) is 50.8 Å². The lowest BCUT2D eigenvalue weighted by molar-refractivity contribution is -0.134. The first-order valence-corrected chi connectivity index (χ1v) is 12.0. The SMILES string of the molecule is Cl.Cl.Cl.O=C(C1CSC(C2CCCNC2)N1)N1CCN(CCCc2ccccc2)CC1. The molecule has 178 valence electrons. The second-order valence-electron chi connectivity index (χ2n) is 8.34. The van der Waals surface area contributed by atoms with Crippen LogP contribution in [0, 0.1) is 5.92 Å². The molecular weight excluding hydrogens is 475 g/mol. The Kier molecular flexibility index (Phi) is 13.8. The third-order valence-electron chi connectivity index (χ3n) is 6.34. The molecule has 1 aromatic rings. The first-order chi connectivity index (χ1) is 13.8. The molecule has 3 atom stereocenters. The smallest absolute Gasteiger partial charge is 0.240 e. The van der Waals surface area contributed by atoms with E-state index in [1.54, 1.807) is 0 Å². The van der Waals surface area contributed by atoms with Crippen LogP contribution in [-0.4, -0.2) is 78.7 Å². The van der Waals surface area contributed by atoms with Crippen molar-refractivity contribution < 1.29 is 4.79 Å². The maximum Gasteiger partial charge on any atom is 0.240 e. The van der Waals surface area contributed by atoms with Crippen molar-refractivity contribution in [3.63, 3.8) is 0 Å². The van der Waals surface area contributed by atoms with Gasteiger partial charge in [0.05, 0.1) is 11.4 Å². The van der Waals surface area contributed by atoms with Crippen molar-refractivity contribution in [1.82, 2.24) is 20.4 Å². The minimum absolute atomic E-state index is 0. The van der Waals surface area contributed by atoms with Gasteiger partial charge in [-0.1, -0.05) is 30.3 Å². The van der Waals surface area contributed by atoms with Crippen LogP contribution in [0.25, 0.3) is 0 Å². The molecule has 0 bridgehead atoms. The Labute approximate surface area is 210 Å². The maximum atomic E-state index is 13.0. The molecule has 3 aliphatic heterocycles. The van der Waals surface area contributed by atoms with E-state index >= 15 is 0 Å². The van der Waals surface area contributed by atoms with Crippen molar-refractivity contribution >= 4 is 54.9 Å². The molecule has 3 unspecified atom stereocenters. The third-order valence-corrected chi connectivity index (χ3v) is 7.74. The van der Waals surface area contributed by atoms with Crippen LogP contribution in [0.5, 0.6) is 0 Å². The second kappa shape index (κ2) is 14.8. The maximum absolute atomic E-state index is 13.0. The van der Waals surface area contributed by atoms with E-state index in [-0.39, 0.29) is 43.3 Å². The molecule has 0 saturated carbocycles. The highest BCUT2D eigenvalue weighted by Gasteiger charge is 2.37. The summed E-state index contributed by atoms with van der Waals surface area (Å²) < 4.78 is 0. The summed E-state index contributed by atoms with van der Waals surface area (Å²) in [4.78, 5) is 17.6. The number of aryl methyl sites for hydroxylation is 1. The summed E-state index contributed by atoms with van der Waals surface area (Å²) in [7, 11) is 0. The lowest BCUT2D eigenvalue weighted by Crippen LogP contribution is -2.54. The molecular formula is C22H37Cl3N4OS. The molecule has 2 N–H and O–H groups in total. The number of hydrogen-bond donors (Lipinski definition) is 2. The highest BCUT2D eigenvalue weighted by atomic mass is 35.5. The molecule has 3 fully saturated rings. The number of carbonyl (C=O) groups excluding carboxylic acids is 1. The molecule has 3 heterocycles. The largest absolute Gasteiger partial charge is 0.339 e. The summed E-state index contributed by atoms with van der Waals surface area (Å²) in [6, 6.07) is 10.7. The highest BCUT2D eigenvalue weighted by molar-refractivity contribution is 8.00. The molecule has 1 amide bonds. The zero-order valence-electron chi connectivity index (χ0n) is 18.0. The van der Waals surface area contributed by atoms with Crippen molar-refractivity contribution in [3.8, 4) is 0 Å². The Balaban J connectivity index is 0.00000160. The van der Waals surface area contributed by atoms with Crippen molar-refractivity contribution in [2.45, 2.75) is 37.1 Å². The zero-order valence-corrected chi connectivity index (χ0v) is 21.3. The van der Waals surface area contributed by atoms with E-state index in [4.69, 9.17) is 0 Å². The fourth-order valence-electron chi connectivity index (χ4n) is 4.61. The van der Waals surface area contributed by atoms with Gasteiger partial charge in [-0.25, -0.2) is 0 Å². The zero-order chi connectivity index (χ0) is 19.2. The summed E-state index contributed by atoms with van der Waals surface area (Å²) in [5.41, 5.74) is 1.42. The minimum atomic E-state index is 0. The van der Waals surface area contributed by atoms with Crippen molar-refractivity contribution in [2.75, 3.05) is 51.6 Å². The lowest BCUT2D eigenvalue weighted by atomic mass is 9.99. The van der Waals surface area contributed by atoms with Crippen LogP contribution in [0.4, 0.5) is 0 Å². The van der Waals surface area contributed by atoms with Crippen LogP contribution in [0.3, 0.4) is 0 Å². The Bertz CT molecular complexity index is 628. The number of benzene rings is 1. The Morgan fingerprint density at radius 2 is 1.81 bits per heavy atom. The van der Waals surface area contributed by atoms with E-state index in [1.807, 2.05) is 11.8 Å². The van der Waals surface area contributed by atoms with Crippen molar-refractivity contribution in [3.05, 3.63) is 35.9 Å². The number of hydrogen-bond acceptors (Lipinski definition) is 5. The van der Waals surface area contributed by atoms with Gasteiger partial charge in [0.1, 0.15) is 0 Å². The van der Waals surface area contributed by atoms with Gasteiger partial charge in [0.25, 0.3) is 0 Å². The molecule has 3 aliphatic rings. The summed E-state index contributed by atoms with van der Waals surface area (Å²) >= 11 is 1.95. The lowest BCUT2D eigenvalue weighted by Gasteiger charge is -2.36. The Morgan fingerprint density at radius 1 is 1.06 bits per heavy atom. The summed E-state index contributed by atoms with van der Waals surface area (Å²) in [5, 5.41) is 7.58.